The Bertz CT molecular complexity index is 705. The number of carbonyl (C=O) groups is 2. The van der Waals surface area contributed by atoms with Crippen molar-refractivity contribution in [2.45, 2.75) is 44.8 Å². The van der Waals surface area contributed by atoms with Gasteiger partial charge >= 0.3 is 24.0 Å². The van der Waals surface area contributed by atoms with Gasteiger partial charge in [-0.05, 0) is 18.1 Å². The van der Waals surface area contributed by atoms with Crippen LogP contribution >= 0.6 is 0 Å². The Morgan fingerprint density at radius 2 is 1.48 bits per heavy atom. The Kier molecular flexibility index (Phi) is 7.67. The van der Waals surface area contributed by atoms with Gasteiger partial charge in [-0.1, -0.05) is 39.0 Å². The van der Waals surface area contributed by atoms with E-state index in [-0.39, 0.29) is 18.1 Å². The third-order valence-corrected chi connectivity index (χ3v) is 3.98. The van der Waals surface area contributed by atoms with Gasteiger partial charge in [0.2, 0.25) is 0 Å². The first kappa shape index (κ1) is 24.7. The number of hydrogen-bond donors (Lipinski definition) is 1. The van der Waals surface area contributed by atoms with Crippen molar-refractivity contribution in [1.29, 1.82) is 0 Å². The maximum atomic E-state index is 14.1. The molecule has 29 heavy (non-hydrogen) atoms. The maximum Gasteiger partial charge on any atom is 0.459 e. The van der Waals surface area contributed by atoms with Crippen molar-refractivity contribution in [2.75, 3.05) is 6.61 Å². The molecule has 0 spiro atoms. The van der Waals surface area contributed by atoms with Crippen molar-refractivity contribution in [3.63, 3.8) is 0 Å². The molecule has 4 nitrogen and oxygen atoms in total. The molecule has 0 heterocycles. The molecule has 2 unspecified atom stereocenters. The van der Waals surface area contributed by atoms with Gasteiger partial charge in [-0.15, -0.1) is 0 Å². The van der Waals surface area contributed by atoms with Gasteiger partial charge in [-0.25, -0.2) is 4.79 Å². The number of nitrogens with one attached hydrogen (secondary N) is 1. The van der Waals surface area contributed by atoms with E-state index in [9.17, 15) is 40.3 Å². The molecule has 0 bridgehead atoms. The van der Waals surface area contributed by atoms with E-state index >= 15 is 0 Å². The number of alkyl halides is 7. The average molecular weight is 431 g/mol. The molecule has 0 fully saturated rings. The van der Waals surface area contributed by atoms with Gasteiger partial charge in [-0.3, -0.25) is 4.79 Å². The summed E-state index contributed by atoms with van der Waals surface area (Å²) in [6.07, 6.45) is -6.57. The summed E-state index contributed by atoms with van der Waals surface area (Å²) in [7, 11) is 0. The number of halogens is 7. The SMILES string of the molecule is CC(C)COC(=O)C(NC(=O)c1ccccc1)C(C)C(F)(F)C(F)(F)C(F)(F)F. The number of hydrogen-bond acceptors (Lipinski definition) is 3. The fourth-order valence-corrected chi connectivity index (χ4v) is 2.22. The second-order valence-corrected chi connectivity index (χ2v) is 6.82. The lowest BCUT2D eigenvalue weighted by atomic mass is 9.89. The summed E-state index contributed by atoms with van der Waals surface area (Å²) in [6, 6.07) is 4.34. The van der Waals surface area contributed by atoms with Crippen LogP contribution in [0.2, 0.25) is 0 Å². The summed E-state index contributed by atoms with van der Waals surface area (Å²) in [4.78, 5) is 24.4. The minimum Gasteiger partial charge on any atom is -0.464 e. The van der Waals surface area contributed by atoms with Gasteiger partial charge in [0.15, 0.2) is 0 Å². The minimum absolute atomic E-state index is 0.118. The van der Waals surface area contributed by atoms with Crippen LogP contribution in [-0.2, 0) is 9.53 Å². The monoisotopic (exact) mass is 431 g/mol. The highest BCUT2D eigenvalue weighted by atomic mass is 19.4. The smallest absolute Gasteiger partial charge is 0.459 e. The molecule has 1 aromatic carbocycles. The third-order valence-electron chi connectivity index (χ3n) is 3.98. The first-order valence-corrected chi connectivity index (χ1v) is 8.47. The van der Waals surface area contributed by atoms with Gasteiger partial charge in [0.1, 0.15) is 6.04 Å². The normalized spacial score (nSPS) is 15.0. The molecule has 2 atom stereocenters. The molecule has 0 aromatic heterocycles. The predicted octanol–water partition coefficient (Wildman–Crippen LogP) is 4.45. The molecule has 11 heteroatoms. The van der Waals surface area contributed by atoms with Crippen LogP contribution in [0.1, 0.15) is 31.1 Å². The van der Waals surface area contributed by atoms with Crippen molar-refractivity contribution in [3.05, 3.63) is 35.9 Å². The molecule has 0 saturated heterocycles. The Labute approximate surface area is 162 Å². The Morgan fingerprint density at radius 1 is 0.966 bits per heavy atom. The van der Waals surface area contributed by atoms with Crippen molar-refractivity contribution < 1.29 is 45.1 Å². The molecular weight excluding hydrogens is 411 g/mol. The molecule has 1 aromatic rings. The summed E-state index contributed by atoms with van der Waals surface area (Å²) in [5.74, 6) is -18.0. The summed E-state index contributed by atoms with van der Waals surface area (Å²) in [5, 5.41) is 1.79. The van der Waals surface area contributed by atoms with Gasteiger partial charge in [-0.2, -0.15) is 30.7 Å². The van der Waals surface area contributed by atoms with E-state index in [1.165, 1.54) is 30.3 Å². The van der Waals surface area contributed by atoms with E-state index < -0.39 is 41.9 Å². The van der Waals surface area contributed by atoms with Crippen molar-refractivity contribution in [3.8, 4) is 0 Å². The van der Waals surface area contributed by atoms with Gasteiger partial charge in [0.05, 0.1) is 12.5 Å². The molecule has 0 radical (unpaired) electrons. The van der Waals surface area contributed by atoms with Crippen molar-refractivity contribution in [1.82, 2.24) is 5.32 Å². The number of carbonyl (C=O) groups excluding carboxylic acids is 2. The number of rotatable bonds is 8. The van der Waals surface area contributed by atoms with Crippen LogP contribution in [-0.4, -0.2) is 42.5 Å². The fourth-order valence-electron chi connectivity index (χ4n) is 2.22. The average Bonchev–Trinajstić information content (AvgIpc) is 2.62. The Balaban J connectivity index is 3.24. The molecule has 0 aliphatic carbocycles. The Hall–Kier alpha value is -2.33. The molecule has 1 amide bonds. The first-order chi connectivity index (χ1) is 13.1. The van der Waals surface area contributed by atoms with Crippen LogP contribution in [0.25, 0.3) is 0 Å². The number of esters is 1. The largest absolute Gasteiger partial charge is 0.464 e. The van der Waals surface area contributed by atoms with Gasteiger partial charge in [0.25, 0.3) is 5.91 Å². The Morgan fingerprint density at radius 3 is 1.93 bits per heavy atom. The zero-order chi connectivity index (χ0) is 22.6. The van der Waals surface area contributed by atoms with Crippen LogP contribution in [0.5, 0.6) is 0 Å². The highest BCUT2D eigenvalue weighted by Gasteiger charge is 2.75. The highest BCUT2D eigenvalue weighted by Crippen LogP contribution is 2.50. The summed E-state index contributed by atoms with van der Waals surface area (Å²) in [5.41, 5.74) is -0.118. The molecule has 1 N–H and O–H groups in total. The number of amides is 1. The van der Waals surface area contributed by atoms with E-state index in [1.807, 2.05) is 0 Å². The lowest BCUT2D eigenvalue weighted by Crippen LogP contribution is -2.61. The van der Waals surface area contributed by atoms with Crippen molar-refractivity contribution in [2.24, 2.45) is 11.8 Å². The number of benzene rings is 1. The number of ether oxygens (including phenoxy) is 1. The summed E-state index contributed by atoms with van der Waals surface area (Å²) in [6.45, 7) is 3.16. The predicted molar refractivity (Wildman–Crippen MR) is 88.6 cm³/mol. The second-order valence-electron chi connectivity index (χ2n) is 6.82. The van der Waals surface area contributed by atoms with Crippen LogP contribution in [0, 0.1) is 11.8 Å². The van der Waals surface area contributed by atoms with Gasteiger partial charge in [0, 0.05) is 5.56 Å². The zero-order valence-electron chi connectivity index (χ0n) is 15.7. The fraction of sp³-hybridized carbons (Fsp3) is 0.556. The van der Waals surface area contributed by atoms with E-state index in [4.69, 9.17) is 4.74 Å². The second kappa shape index (κ2) is 9.00. The maximum absolute atomic E-state index is 14.1. The van der Waals surface area contributed by atoms with E-state index in [0.717, 1.165) is 0 Å². The highest BCUT2D eigenvalue weighted by molar-refractivity contribution is 5.96. The van der Waals surface area contributed by atoms with E-state index in [0.29, 0.717) is 6.92 Å². The van der Waals surface area contributed by atoms with E-state index in [1.54, 1.807) is 19.2 Å². The lowest BCUT2D eigenvalue weighted by molar-refractivity contribution is -0.365. The zero-order valence-corrected chi connectivity index (χ0v) is 15.7. The molecule has 1 rings (SSSR count). The quantitative estimate of drug-likeness (QED) is 0.489. The first-order valence-electron chi connectivity index (χ1n) is 8.47. The molecule has 0 aliphatic rings. The van der Waals surface area contributed by atoms with Gasteiger partial charge < -0.3 is 10.1 Å². The standard InChI is InChI=1S/C18H20F7NO3/c1-10(2)9-29-15(28)13(26-14(27)12-7-5-4-6-8-12)11(3)16(19,20)17(21,22)18(23,24)25/h4-8,10-11,13H,9H2,1-3H3,(H,26,27). The van der Waals surface area contributed by atoms with Crippen LogP contribution in [0.15, 0.2) is 30.3 Å². The van der Waals surface area contributed by atoms with Crippen LogP contribution < -0.4 is 5.32 Å². The van der Waals surface area contributed by atoms with E-state index in [2.05, 4.69) is 0 Å². The van der Waals surface area contributed by atoms with Crippen LogP contribution in [0.3, 0.4) is 0 Å². The van der Waals surface area contributed by atoms with Crippen LogP contribution in [0.4, 0.5) is 30.7 Å². The molecular formula is C18H20F7NO3. The summed E-state index contributed by atoms with van der Waals surface area (Å²) < 4.78 is 97.3. The molecule has 164 valence electrons. The summed E-state index contributed by atoms with van der Waals surface area (Å²) >= 11 is 0. The van der Waals surface area contributed by atoms with Crippen molar-refractivity contribution >= 4 is 11.9 Å². The minimum atomic E-state index is -6.57. The molecule has 0 aliphatic heterocycles. The third kappa shape index (κ3) is 5.60. The molecule has 0 saturated carbocycles. The topological polar surface area (TPSA) is 55.4 Å². The lowest BCUT2D eigenvalue weighted by Gasteiger charge is -2.35.